The van der Waals surface area contributed by atoms with Crippen molar-refractivity contribution in [3.05, 3.63) is 0 Å². The van der Waals surface area contributed by atoms with E-state index in [1.54, 1.807) is 0 Å². The van der Waals surface area contributed by atoms with Crippen LogP contribution in [0.15, 0.2) is 0 Å². The predicted molar refractivity (Wildman–Crippen MR) is 51.5 cm³/mol. The van der Waals surface area contributed by atoms with Crippen LogP contribution in [-0.4, -0.2) is 6.54 Å². The molecule has 0 heterocycles. The van der Waals surface area contributed by atoms with Gasteiger partial charge in [0.1, 0.15) is 0 Å². The molecule has 0 amide bonds. The van der Waals surface area contributed by atoms with Gasteiger partial charge >= 0.3 is 0 Å². The van der Waals surface area contributed by atoms with Gasteiger partial charge in [-0.2, -0.15) is 0 Å². The first-order valence-corrected chi connectivity index (χ1v) is 4.63. The molecule has 0 fully saturated rings. The van der Waals surface area contributed by atoms with Crippen LogP contribution in [0.2, 0.25) is 0 Å². The van der Waals surface area contributed by atoms with Gasteiger partial charge in [-0.25, -0.2) is 0 Å². The molecule has 0 radical (unpaired) electrons. The predicted octanol–water partition coefficient (Wildman–Crippen LogP) is 2.80. The second-order valence-corrected chi connectivity index (χ2v) is 4.36. The van der Waals surface area contributed by atoms with E-state index in [2.05, 4.69) is 34.6 Å². The Hall–Kier alpha value is -0.0400. The third-order valence-electron chi connectivity index (χ3n) is 3.75. The van der Waals surface area contributed by atoms with Gasteiger partial charge in [0.05, 0.1) is 0 Å². The van der Waals surface area contributed by atoms with Crippen LogP contribution in [0.3, 0.4) is 0 Å². The van der Waals surface area contributed by atoms with Crippen molar-refractivity contribution in [1.29, 1.82) is 0 Å². The molecule has 0 aliphatic carbocycles. The van der Waals surface area contributed by atoms with E-state index in [4.69, 9.17) is 5.73 Å². The minimum atomic E-state index is 0.307. The highest BCUT2D eigenvalue weighted by atomic mass is 14.6. The normalized spacial score (nSPS) is 18.0. The van der Waals surface area contributed by atoms with Crippen molar-refractivity contribution >= 4 is 0 Å². The fourth-order valence-electron chi connectivity index (χ4n) is 1.33. The van der Waals surface area contributed by atoms with Gasteiger partial charge in [-0.05, 0) is 23.8 Å². The molecule has 1 heteroatoms. The van der Waals surface area contributed by atoms with Crippen LogP contribution < -0.4 is 5.73 Å². The summed E-state index contributed by atoms with van der Waals surface area (Å²) in [7, 11) is 0. The number of hydrogen-bond acceptors (Lipinski definition) is 1. The summed E-state index contributed by atoms with van der Waals surface area (Å²) in [4.78, 5) is 0. The first-order chi connectivity index (χ1) is 4.93. The van der Waals surface area contributed by atoms with E-state index in [0.717, 1.165) is 6.54 Å². The van der Waals surface area contributed by atoms with E-state index in [-0.39, 0.29) is 0 Å². The number of nitrogens with two attached hydrogens (primary N) is 1. The lowest BCUT2D eigenvalue weighted by atomic mass is 9.64. The average Bonchev–Trinajstić information content (AvgIpc) is 2.02. The maximum Gasteiger partial charge on any atom is -0.00182 e. The van der Waals surface area contributed by atoms with Gasteiger partial charge in [0.15, 0.2) is 0 Å². The monoisotopic (exact) mass is 157 g/mol. The Kier molecular flexibility index (Phi) is 3.56. The van der Waals surface area contributed by atoms with Crippen LogP contribution in [0, 0.1) is 10.8 Å². The first kappa shape index (κ1) is 11.0. The van der Waals surface area contributed by atoms with E-state index in [9.17, 15) is 0 Å². The summed E-state index contributed by atoms with van der Waals surface area (Å²) in [6, 6.07) is 0. The molecule has 0 aliphatic rings. The zero-order valence-electron chi connectivity index (χ0n) is 8.70. The summed E-state index contributed by atoms with van der Waals surface area (Å²) in [5.74, 6) is 0. The molecule has 2 N–H and O–H groups in total. The molecule has 0 unspecified atom stereocenters. The highest BCUT2D eigenvalue weighted by Gasteiger charge is 2.36. The molecule has 0 bridgehead atoms. The third kappa shape index (κ3) is 1.96. The van der Waals surface area contributed by atoms with Crippen molar-refractivity contribution in [1.82, 2.24) is 0 Å². The fraction of sp³-hybridized carbons (Fsp3) is 1.00. The highest BCUT2D eigenvalue weighted by Crippen LogP contribution is 2.42. The van der Waals surface area contributed by atoms with E-state index >= 15 is 0 Å². The lowest BCUT2D eigenvalue weighted by molar-refractivity contribution is 0.0877. The van der Waals surface area contributed by atoms with Crippen LogP contribution in [-0.2, 0) is 0 Å². The Morgan fingerprint density at radius 1 is 1.00 bits per heavy atom. The van der Waals surface area contributed by atoms with Crippen LogP contribution in [0.1, 0.15) is 47.5 Å². The maximum absolute atomic E-state index is 5.78. The quantitative estimate of drug-likeness (QED) is 0.667. The maximum atomic E-state index is 5.78. The summed E-state index contributed by atoms with van der Waals surface area (Å²) in [5, 5.41) is 0. The Morgan fingerprint density at radius 3 is 1.55 bits per heavy atom. The molecular weight excluding hydrogens is 134 g/mol. The fourth-order valence-corrected chi connectivity index (χ4v) is 1.33. The zero-order valence-corrected chi connectivity index (χ0v) is 8.70. The van der Waals surface area contributed by atoms with Crippen LogP contribution >= 0.6 is 0 Å². The summed E-state index contributed by atoms with van der Waals surface area (Å²) >= 11 is 0. The van der Waals surface area contributed by atoms with E-state index < -0.39 is 0 Å². The molecular formula is C10H23N. The smallest absolute Gasteiger partial charge is 0.00182 e. The van der Waals surface area contributed by atoms with Crippen molar-refractivity contribution in [2.75, 3.05) is 6.54 Å². The van der Waals surface area contributed by atoms with Gasteiger partial charge < -0.3 is 5.73 Å². The molecule has 0 saturated carbocycles. The van der Waals surface area contributed by atoms with Crippen molar-refractivity contribution in [3.8, 4) is 0 Å². The topological polar surface area (TPSA) is 26.0 Å². The molecule has 0 aliphatic heterocycles. The Balaban J connectivity index is 4.47. The van der Waals surface area contributed by atoms with Gasteiger partial charge in [-0.15, -0.1) is 0 Å². The van der Waals surface area contributed by atoms with E-state index in [1.807, 2.05) is 0 Å². The van der Waals surface area contributed by atoms with Gasteiger partial charge in [0.25, 0.3) is 0 Å². The molecule has 68 valence electrons. The molecule has 0 aromatic rings. The largest absolute Gasteiger partial charge is 0.330 e. The first-order valence-electron chi connectivity index (χ1n) is 4.63. The number of hydrogen-bond donors (Lipinski definition) is 1. The standard InChI is InChI=1S/C10H23N/c1-6-9(3,4)10(5,7-2)8-11/h6-8,11H2,1-5H3/t10-/m0/s1. The third-order valence-corrected chi connectivity index (χ3v) is 3.75. The summed E-state index contributed by atoms with van der Waals surface area (Å²) < 4.78 is 0. The van der Waals surface area contributed by atoms with E-state index in [1.165, 1.54) is 12.8 Å². The van der Waals surface area contributed by atoms with Gasteiger partial charge in [0.2, 0.25) is 0 Å². The number of rotatable bonds is 4. The van der Waals surface area contributed by atoms with Crippen molar-refractivity contribution < 1.29 is 0 Å². The average molecular weight is 157 g/mol. The van der Waals surface area contributed by atoms with Crippen molar-refractivity contribution in [2.45, 2.75) is 47.5 Å². The van der Waals surface area contributed by atoms with Crippen molar-refractivity contribution in [2.24, 2.45) is 16.6 Å². The summed E-state index contributed by atoms with van der Waals surface area (Å²) in [5.41, 5.74) is 6.46. The van der Waals surface area contributed by atoms with Crippen LogP contribution in [0.5, 0.6) is 0 Å². The molecule has 0 rings (SSSR count). The Bertz CT molecular complexity index is 112. The summed E-state index contributed by atoms with van der Waals surface area (Å²) in [6.45, 7) is 12.2. The SMILES string of the molecule is CCC(C)(C)[C@@](C)(CC)CN. The summed E-state index contributed by atoms with van der Waals surface area (Å²) in [6.07, 6.45) is 2.37. The lowest BCUT2D eigenvalue weighted by Gasteiger charge is -2.42. The minimum Gasteiger partial charge on any atom is -0.330 e. The lowest BCUT2D eigenvalue weighted by Crippen LogP contribution is -2.40. The van der Waals surface area contributed by atoms with Crippen molar-refractivity contribution in [3.63, 3.8) is 0 Å². The molecule has 1 atom stereocenters. The second-order valence-electron chi connectivity index (χ2n) is 4.36. The minimum absolute atomic E-state index is 0.307. The van der Waals surface area contributed by atoms with Gasteiger partial charge in [-0.3, -0.25) is 0 Å². The molecule has 0 spiro atoms. The second kappa shape index (κ2) is 3.57. The van der Waals surface area contributed by atoms with Crippen LogP contribution in [0.4, 0.5) is 0 Å². The zero-order chi connectivity index (χ0) is 9.12. The van der Waals surface area contributed by atoms with Crippen LogP contribution in [0.25, 0.3) is 0 Å². The highest BCUT2D eigenvalue weighted by molar-refractivity contribution is 4.88. The molecule has 0 aromatic heterocycles. The van der Waals surface area contributed by atoms with E-state index in [0.29, 0.717) is 10.8 Å². The molecule has 0 aromatic carbocycles. The molecule has 11 heavy (non-hydrogen) atoms. The van der Waals surface area contributed by atoms with Gasteiger partial charge in [-0.1, -0.05) is 41.0 Å². The molecule has 0 saturated heterocycles. The van der Waals surface area contributed by atoms with Gasteiger partial charge in [0, 0.05) is 0 Å². The molecule has 1 nitrogen and oxygen atoms in total. The Morgan fingerprint density at radius 2 is 1.45 bits per heavy atom. The Labute approximate surface area is 71.4 Å².